The van der Waals surface area contributed by atoms with Crippen molar-refractivity contribution in [2.24, 2.45) is 17.3 Å². The zero-order chi connectivity index (χ0) is 21.3. The van der Waals surface area contributed by atoms with Gasteiger partial charge in [-0.05, 0) is 91.4 Å². The summed E-state index contributed by atoms with van der Waals surface area (Å²) in [4.78, 5) is 13.5. The van der Waals surface area contributed by atoms with Gasteiger partial charge in [0.05, 0.1) is 6.54 Å². The van der Waals surface area contributed by atoms with E-state index in [1.807, 2.05) is 21.6 Å². The number of fused-ring (bicyclic) bond motifs is 5. The van der Waals surface area contributed by atoms with E-state index in [0.29, 0.717) is 24.6 Å². The van der Waals surface area contributed by atoms with E-state index in [1.165, 1.54) is 62.7 Å². The maximum Gasteiger partial charge on any atom is 0.133 e. The van der Waals surface area contributed by atoms with Crippen molar-refractivity contribution in [2.75, 3.05) is 31.2 Å². The highest BCUT2D eigenvalue weighted by Gasteiger charge is 2.50. The Kier molecular flexibility index (Phi) is 6.92. The normalized spacial score (nSPS) is 34.6. The zero-order valence-electron chi connectivity index (χ0n) is 18.9. The lowest BCUT2D eigenvalue weighted by Crippen LogP contribution is -2.42. The van der Waals surface area contributed by atoms with Crippen LogP contribution in [0.25, 0.3) is 0 Å². The highest BCUT2D eigenvalue weighted by molar-refractivity contribution is 8.76. The van der Waals surface area contributed by atoms with Crippen molar-refractivity contribution in [3.05, 3.63) is 29.3 Å². The quantitative estimate of drug-likeness (QED) is 0.370. The highest BCUT2D eigenvalue weighted by Crippen LogP contribution is 2.60. The highest BCUT2D eigenvalue weighted by atomic mass is 33.1. The van der Waals surface area contributed by atoms with E-state index in [2.05, 4.69) is 30.0 Å². The van der Waals surface area contributed by atoms with E-state index in [-0.39, 0.29) is 0 Å². The van der Waals surface area contributed by atoms with Gasteiger partial charge in [0.15, 0.2) is 0 Å². The van der Waals surface area contributed by atoms with Crippen LogP contribution in [0, 0.1) is 17.3 Å². The van der Waals surface area contributed by atoms with E-state index in [9.17, 15) is 4.79 Å². The maximum atomic E-state index is 11.2. The predicted octanol–water partition coefficient (Wildman–Crippen LogP) is 5.97. The summed E-state index contributed by atoms with van der Waals surface area (Å²) in [5, 5.41) is 0. The summed E-state index contributed by atoms with van der Waals surface area (Å²) in [7, 11) is 3.89. The molecule has 0 radical (unpaired) electrons. The van der Waals surface area contributed by atoms with Crippen molar-refractivity contribution < 1.29 is 9.53 Å². The van der Waals surface area contributed by atoms with Crippen LogP contribution in [-0.4, -0.2) is 48.4 Å². The molecule has 0 N–H and O–H groups in total. The summed E-state index contributed by atoms with van der Waals surface area (Å²) in [5.41, 5.74) is 3.78. The standard InChI is InChI=1S/C26H37NO2S2/c1-26-10-2-3-25(26)24-6-4-19-17-21(5-7-22(19)23(24)8-11-26)29-15-13-27(12-14-28)20-9-16-30-31-18-20/h5,7,14,17,20,23-25H,2-4,6,8-13,15-16,18H2,1H3/t20-,23+,24+,25-,26-/m0/s1. The number of aldehydes is 1. The van der Waals surface area contributed by atoms with Gasteiger partial charge in [-0.2, -0.15) is 0 Å². The number of benzene rings is 1. The molecule has 0 aromatic heterocycles. The molecule has 170 valence electrons. The second-order valence-corrected chi connectivity index (χ2v) is 13.0. The van der Waals surface area contributed by atoms with Crippen LogP contribution in [0.1, 0.15) is 68.9 Å². The minimum absolute atomic E-state index is 0.507. The molecule has 4 aliphatic rings. The number of hydrogen-bond donors (Lipinski definition) is 0. The number of ether oxygens (including phenoxy) is 1. The van der Waals surface area contributed by atoms with Crippen molar-refractivity contribution >= 4 is 27.9 Å². The molecular formula is C26H37NO2S2. The molecule has 1 saturated heterocycles. The Labute approximate surface area is 195 Å². The predicted molar refractivity (Wildman–Crippen MR) is 132 cm³/mol. The Morgan fingerprint density at radius 1 is 1.19 bits per heavy atom. The van der Waals surface area contributed by atoms with Crippen molar-refractivity contribution in [3.8, 4) is 5.75 Å². The maximum absolute atomic E-state index is 11.2. The van der Waals surface area contributed by atoms with Gasteiger partial charge >= 0.3 is 0 Å². The Balaban J connectivity index is 1.21. The second-order valence-electron chi connectivity index (χ2n) is 10.4. The van der Waals surface area contributed by atoms with Gasteiger partial charge in [0.25, 0.3) is 0 Å². The fourth-order valence-corrected chi connectivity index (χ4v) is 9.70. The van der Waals surface area contributed by atoms with Gasteiger partial charge in [0.1, 0.15) is 18.6 Å². The van der Waals surface area contributed by atoms with E-state index in [4.69, 9.17) is 4.74 Å². The number of carbonyl (C=O) groups excluding carboxylic acids is 1. The molecule has 0 amide bonds. The molecule has 5 atom stereocenters. The summed E-state index contributed by atoms with van der Waals surface area (Å²) in [5.74, 6) is 5.94. The first kappa shape index (κ1) is 22.2. The summed E-state index contributed by atoms with van der Waals surface area (Å²) in [6, 6.07) is 7.43. The minimum atomic E-state index is 0.507. The SMILES string of the molecule is C[C@@]12CCC[C@H]1[C@@H]1CCc3cc(OCCN(CC=O)[C@H]4CCSSC4)ccc3[C@H]1CC2. The van der Waals surface area contributed by atoms with Crippen LogP contribution in [0.2, 0.25) is 0 Å². The monoisotopic (exact) mass is 459 g/mol. The summed E-state index contributed by atoms with van der Waals surface area (Å²) < 4.78 is 6.19. The van der Waals surface area contributed by atoms with Gasteiger partial charge in [0, 0.05) is 24.1 Å². The van der Waals surface area contributed by atoms with Crippen LogP contribution in [0.3, 0.4) is 0 Å². The number of carbonyl (C=O) groups is 1. The second kappa shape index (κ2) is 9.69. The largest absolute Gasteiger partial charge is 0.492 e. The average molecular weight is 460 g/mol. The Morgan fingerprint density at radius 2 is 2.13 bits per heavy atom. The Morgan fingerprint density at radius 3 is 2.97 bits per heavy atom. The minimum Gasteiger partial charge on any atom is -0.492 e. The van der Waals surface area contributed by atoms with Gasteiger partial charge in [-0.25, -0.2) is 0 Å². The van der Waals surface area contributed by atoms with E-state index >= 15 is 0 Å². The average Bonchev–Trinajstić information content (AvgIpc) is 3.20. The lowest BCUT2D eigenvalue weighted by Gasteiger charge is -2.49. The first-order chi connectivity index (χ1) is 15.2. The first-order valence-electron chi connectivity index (χ1n) is 12.4. The Hall–Kier alpha value is -0.650. The van der Waals surface area contributed by atoms with E-state index < -0.39 is 0 Å². The van der Waals surface area contributed by atoms with Gasteiger partial charge < -0.3 is 9.53 Å². The molecule has 31 heavy (non-hydrogen) atoms. The van der Waals surface area contributed by atoms with Gasteiger partial charge in [0.2, 0.25) is 0 Å². The fourth-order valence-electron chi connectivity index (χ4n) is 7.18. The molecule has 1 aliphatic heterocycles. The van der Waals surface area contributed by atoms with Crippen molar-refractivity contribution in [1.29, 1.82) is 0 Å². The van der Waals surface area contributed by atoms with Crippen LogP contribution in [0.15, 0.2) is 18.2 Å². The summed E-state index contributed by atoms with van der Waals surface area (Å²) in [6.07, 6.45) is 12.0. The molecule has 5 rings (SSSR count). The molecule has 3 nitrogen and oxygen atoms in total. The van der Waals surface area contributed by atoms with E-state index in [1.54, 1.807) is 5.56 Å². The van der Waals surface area contributed by atoms with Gasteiger partial charge in [-0.3, -0.25) is 4.90 Å². The zero-order valence-corrected chi connectivity index (χ0v) is 20.5. The molecule has 3 fully saturated rings. The lowest BCUT2D eigenvalue weighted by molar-refractivity contribution is -0.109. The Bertz CT molecular complexity index is 781. The van der Waals surface area contributed by atoms with Crippen molar-refractivity contribution in [1.82, 2.24) is 4.90 Å². The van der Waals surface area contributed by atoms with Crippen molar-refractivity contribution in [2.45, 2.75) is 70.3 Å². The third kappa shape index (κ3) is 4.56. The number of nitrogens with zero attached hydrogens (tertiary/aromatic N) is 1. The number of rotatable bonds is 7. The first-order valence-corrected chi connectivity index (χ1v) is 14.8. The molecule has 2 saturated carbocycles. The molecule has 3 aliphatic carbocycles. The molecule has 0 spiro atoms. The van der Waals surface area contributed by atoms with Crippen LogP contribution in [0.4, 0.5) is 0 Å². The lowest BCUT2D eigenvalue weighted by atomic mass is 9.56. The van der Waals surface area contributed by atoms with Crippen LogP contribution in [-0.2, 0) is 11.2 Å². The van der Waals surface area contributed by atoms with Gasteiger partial charge in [-0.15, -0.1) is 0 Å². The van der Waals surface area contributed by atoms with Gasteiger partial charge in [-0.1, -0.05) is 41.0 Å². The van der Waals surface area contributed by atoms with Crippen LogP contribution in [0.5, 0.6) is 5.75 Å². The van der Waals surface area contributed by atoms with E-state index in [0.717, 1.165) is 42.1 Å². The molecule has 0 unspecified atom stereocenters. The molecule has 1 aromatic carbocycles. The molecule has 1 aromatic rings. The topological polar surface area (TPSA) is 29.5 Å². The van der Waals surface area contributed by atoms with Crippen molar-refractivity contribution in [3.63, 3.8) is 0 Å². The smallest absolute Gasteiger partial charge is 0.133 e. The molecule has 1 heterocycles. The molecular weight excluding hydrogens is 422 g/mol. The van der Waals surface area contributed by atoms with Crippen LogP contribution < -0.4 is 4.74 Å². The summed E-state index contributed by atoms with van der Waals surface area (Å²) >= 11 is 0. The third-order valence-corrected chi connectivity index (χ3v) is 11.3. The van der Waals surface area contributed by atoms with Crippen LogP contribution >= 0.6 is 21.6 Å². The third-order valence-electron chi connectivity index (χ3n) is 8.83. The number of hydrogen-bond acceptors (Lipinski definition) is 5. The summed E-state index contributed by atoms with van der Waals surface area (Å²) in [6.45, 7) is 4.59. The number of aryl methyl sites for hydroxylation is 1. The molecule has 5 heteroatoms. The molecule has 0 bridgehead atoms. The fraction of sp³-hybridized carbons (Fsp3) is 0.731.